The van der Waals surface area contributed by atoms with Gasteiger partial charge < -0.3 is 15.0 Å². The van der Waals surface area contributed by atoms with Crippen LogP contribution in [0.2, 0.25) is 0 Å². The Morgan fingerprint density at radius 2 is 2.17 bits per heavy atom. The molecule has 1 aliphatic rings. The van der Waals surface area contributed by atoms with Crippen molar-refractivity contribution in [1.82, 2.24) is 10.2 Å². The maximum atomic E-state index is 13.2. The minimum Gasteiger partial charge on any atom is -0.383 e. The Hall–Kier alpha value is -0.820. The highest BCUT2D eigenvalue weighted by atomic mass is 19.4. The van der Waals surface area contributed by atoms with Crippen molar-refractivity contribution >= 4 is 5.91 Å². The number of rotatable bonds is 5. The Morgan fingerprint density at radius 3 is 2.56 bits per heavy atom. The lowest BCUT2D eigenvalue weighted by molar-refractivity contribution is -0.221. The van der Waals surface area contributed by atoms with E-state index in [1.807, 2.05) is 0 Å². The van der Waals surface area contributed by atoms with Gasteiger partial charge in [0.15, 0.2) is 5.41 Å². The quantitative estimate of drug-likeness (QED) is 0.809. The van der Waals surface area contributed by atoms with Crippen LogP contribution < -0.4 is 5.32 Å². The monoisotopic (exact) mass is 268 g/mol. The van der Waals surface area contributed by atoms with Crippen LogP contribution in [0.15, 0.2) is 0 Å². The lowest BCUT2D eigenvalue weighted by Gasteiger charge is -2.34. The molecule has 0 bridgehead atoms. The fourth-order valence-corrected chi connectivity index (χ4v) is 2.15. The van der Waals surface area contributed by atoms with Crippen LogP contribution in [0.5, 0.6) is 0 Å². The molecule has 0 saturated carbocycles. The lowest BCUT2D eigenvalue weighted by Crippen LogP contribution is -2.54. The fraction of sp³-hybridized carbons (Fsp3) is 0.909. The first-order valence-corrected chi connectivity index (χ1v) is 5.95. The molecule has 1 N–H and O–H groups in total. The molecule has 1 rings (SSSR count). The molecule has 1 heterocycles. The van der Waals surface area contributed by atoms with Gasteiger partial charge in [0.1, 0.15) is 0 Å². The summed E-state index contributed by atoms with van der Waals surface area (Å²) in [6.45, 7) is 2.22. The first-order valence-electron chi connectivity index (χ1n) is 5.95. The number of hydrogen-bond donors (Lipinski definition) is 1. The van der Waals surface area contributed by atoms with Crippen LogP contribution in [-0.2, 0) is 9.53 Å². The maximum Gasteiger partial charge on any atom is 0.404 e. The molecule has 1 unspecified atom stereocenters. The number of carbonyl (C=O) groups excluding carboxylic acids is 1. The molecule has 1 aliphatic heterocycles. The van der Waals surface area contributed by atoms with Crippen molar-refractivity contribution < 1.29 is 22.7 Å². The summed E-state index contributed by atoms with van der Waals surface area (Å²) in [5, 5.41) is 2.64. The summed E-state index contributed by atoms with van der Waals surface area (Å²) >= 11 is 0. The molecule has 0 aromatic carbocycles. The van der Waals surface area contributed by atoms with Crippen molar-refractivity contribution in [1.29, 1.82) is 0 Å². The van der Waals surface area contributed by atoms with E-state index < -0.39 is 17.5 Å². The number of carbonyl (C=O) groups is 1. The zero-order valence-corrected chi connectivity index (χ0v) is 10.6. The Kier molecular flexibility index (Phi) is 4.98. The average molecular weight is 268 g/mol. The molecule has 0 aromatic rings. The van der Waals surface area contributed by atoms with Crippen molar-refractivity contribution in [2.75, 3.05) is 39.9 Å². The van der Waals surface area contributed by atoms with E-state index in [0.29, 0.717) is 0 Å². The van der Waals surface area contributed by atoms with E-state index in [1.54, 1.807) is 6.92 Å². The molecule has 4 nitrogen and oxygen atoms in total. The molecule has 0 aromatic heterocycles. The van der Waals surface area contributed by atoms with Gasteiger partial charge in [0, 0.05) is 26.7 Å². The van der Waals surface area contributed by atoms with Gasteiger partial charge in [0.05, 0.1) is 6.61 Å². The number of amides is 1. The predicted molar refractivity (Wildman–Crippen MR) is 60.1 cm³/mol. The Balaban J connectivity index is 2.88. The summed E-state index contributed by atoms with van der Waals surface area (Å²) in [4.78, 5) is 13.4. The van der Waals surface area contributed by atoms with Crippen LogP contribution in [-0.4, -0.2) is 56.9 Å². The SMILES string of the molecule is CCN(CCOC)C(=O)C1(C(F)(F)F)CCNC1. The van der Waals surface area contributed by atoms with Gasteiger partial charge in [-0.15, -0.1) is 0 Å². The second kappa shape index (κ2) is 5.88. The molecule has 18 heavy (non-hydrogen) atoms. The molecule has 106 valence electrons. The highest BCUT2D eigenvalue weighted by Crippen LogP contribution is 2.44. The standard InChI is InChI=1S/C11H19F3N2O2/c1-3-16(6-7-18-2)9(17)10(11(12,13)14)4-5-15-8-10/h15H,3-8H2,1-2H3. The molecule has 1 amide bonds. The fourth-order valence-electron chi connectivity index (χ4n) is 2.15. The summed E-state index contributed by atoms with van der Waals surface area (Å²) < 4.78 is 44.3. The van der Waals surface area contributed by atoms with E-state index in [9.17, 15) is 18.0 Å². The highest BCUT2D eigenvalue weighted by Gasteiger charge is 2.62. The van der Waals surface area contributed by atoms with Crippen molar-refractivity contribution in [2.45, 2.75) is 19.5 Å². The zero-order chi connectivity index (χ0) is 13.8. The van der Waals surface area contributed by atoms with Crippen LogP contribution >= 0.6 is 0 Å². The molecular weight excluding hydrogens is 249 g/mol. The van der Waals surface area contributed by atoms with Gasteiger partial charge >= 0.3 is 6.18 Å². The second-order valence-corrected chi connectivity index (χ2v) is 4.38. The van der Waals surface area contributed by atoms with E-state index in [4.69, 9.17) is 4.74 Å². The van der Waals surface area contributed by atoms with Crippen LogP contribution in [0.25, 0.3) is 0 Å². The topological polar surface area (TPSA) is 41.6 Å². The van der Waals surface area contributed by atoms with E-state index in [2.05, 4.69) is 5.32 Å². The molecule has 1 fully saturated rings. The molecule has 1 saturated heterocycles. The Morgan fingerprint density at radius 1 is 1.50 bits per heavy atom. The Bertz CT molecular complexity index is 289. The normalized spacial score (nSPS) is 24.3. The average Bonchev–Trinajstić information content (AvgIpc) is 2.79. The van der Waals surface area contributed by atoms with Crippen LogP contribution in [0.1, 0.15) is 13.3 Å². The third-order valence-electron chi connectivity index (χ3n) is 3.34. The van der Waals surface area contributed by atoms with Crippen LogP contribution in [0.3, 0.4) is 0 Å². The number of hydrogen-bond acceptors (Lipinski definition) is 3. The van der Waals surface area contributed by atoms with Gasteiger partial charge in [0.25, 0.3) is 0 Å². The smallest absolute Gasteiger partial charge is 0.383 e. The van der Waals surface area contributed by atoms with Crippen molar-refractivity contribution in [3.63, 3.8) is 0 Å². The van der Waals surface area contributed by atoms with Gasteiger partial charge in [-0.2, -0.15) is 13.2 Å². The van der Waals surface area contributed by atoms with E-state index >= 15 is 0 Å². The largest absolute Gasteiger partial charge is 0.404 e. The second-order valence-electron chi connectivity index (χ2n) is 4.38. The maximum absolute atomic E-state index is 13.2. The number of likely N-dealkylation sites (N-methyl/N-ethyl adjacent to an activating group) is 1. The molecule has 1 atom stereocenters. The van der Waals surface area contributed by atoms with Gasteiger partial charge in [-0.25, -0.2) is 0 Å². The molecule has 0 aliphatic carbocycles. The van der Waals surface area contributed by atoms with Crippen molar-refractivity contribution in [2.24, 2.45) is 5.41 Å². The lowest BCUT2D eigenvalue weighted by atomic mass is 9.84. The van der Waals surface area contributed by atoms with Crippen LogP contribution in [0.4, 0.5) is 13.2 Å². The van der Waals surface area contributed by atoms with E-state index in [1.165, 1.54) is 12.0 Å². The van der Waals surface area contributed by atoms with Gasteiger partial charge in [-0.1, -0.05) is 0 Å². The van der Waals surface area contributed by atoms with Crippen LogP contribution in [0, 0.1) is 5.41 Å². The first-order chi connectivity index (χ1) is 8.39. The number of nitrogens with one attached hydrogen (secondary N) is 1. The summed E-state index contributed by atoms with van der Waals surface area (Å²) in [7, 11) is 1.45. The highest BCUT2D eigenvalue weighted by molar-refractivity contribution is 5.84. The predicted octanol–water partition coefficient (Wildman–Crippen LogP) is 1.02. The summed E-state index contributed by atoms with van der Waals surface area (Å²) in [6, 6.07) is 0. The summed E-state index contributed by atoms with van der Waals surface area (Å²) in [5.74, 6) is -0.848. The van der Waals surface area contributed by atoms with Gasteiger partial charge in [-0.05, 0) is 19.9 Å². The Labute approximate surface area is 104 Å². The minimum atomic E-state index is -4.52. The van der Waals surface area contributed by atoms with Gasteiger partial charge in [0.2, 0.25) is 5.91 Å². The first kappa shape index (κ1) is 15.2. The number of alkyl halides is 3. The number of halogens is 3. The third-order valence-corrected chi connectivity index (χ3v) is 3.34. The molecule has 0 spiro atoms. The summed E-state index contributed by atoms with van der Waals surface area (Å²) in [6.07, 6.45) is -4.72. The molecule has 7 heteroatoms. The number of ether oxygens (including phenoxy) is 1. The number of methoxy groups -OCH3 is 1. The minimum absolute atomic E-state index is 0.184. The third kappa shape index (κ3) is 2.77. The van der Waals surface area contributed by atoms with Crippen molar-refractivity contribution in [3.05, 3.63) is 0 Å². The van der Waals surface area contributed by atoms with Gasteiger partial charge in [-0.3, -0.25) is 4.79 Å². The van der Waals surface area contributed by atoms with Crippen molar-refractivity contribution in [3.8, 4) is 0 Å². The molecule has 0 radical (unpaired) electrons. The number of nitrogens with zero attached hydrogens (tertiary/aromatic N) is 1. The van der Waals surface area contributed by atoms with E-state index in [-0.39, 0.29) is 39.2 Å². The zero-order valence-electron chi connectivity index (χ0n) is 10.6. The molecular formula is C11H19F3N2O2. The van der Waals surface area contributed by atoms with E-state index in [0.717, 1.165) is 0 Å². The summed E-state index contributed by atoms with van der Waals surface area (Å²) in [5.41, 5.74) is -2.27.